The van der Waals surface area contributed by atoms with Crippen LogP contribution in [0.25, 0.3) is 0 Å². The highest BCUT2D eigenvalue weighted by atomic mass is 16.3. The number of aliphatic imine (C=N–C) groups is 1. The SMILES string of the molecule is CC(=CCC/C=C/C[C@@H](O)[C@H](C)N)C(C)(C)CCN=C(C)C(C)(C)CC(C)C. The normalized spacial score (nSPS) is 16.9. The summed E-state index contributed by atoms with van der Waals surface area (Å²) < 4.78 is 0. The summed E-state index contributed by atoms with van der Waals surface area (Å²) in [6, 6.07) is -0.171. The predicted molar refractivity (Wildman–Crippen MR) is 126 cm³/mol. The molecule has 0 heterocycles. The fraction of sp³-hybridized carbons (Fsp3) is 0.800. The van der Waals surface area contributed by atoms with Crippen molar-refractivity contribution in [3.05, 3.63) is 23.8 Å². The van der Waals surface area contributed by atoms with Gasteiger partial charge in [-0.2, -0.15) is 0 Å². The van der Waals surface area contributed by atoms with E-state index >= 15 is 0 Å². The Balaban J connectivity index is 4.50. The first-order chi connectivity index (χ1) is 12.8. The fourth-order valence-electron chi connectivity index (χ4n) is 3.32. The van der Waals surface area contributed by atoms with Crippen LogP contribution in [0, 0.1) is 16.7 Å². The molecule has 0 saturated carbocycles. The van der Waals surface area contributed by atoms with Crippen molar-refractivity contribution in [2.45, 2.75) is 107 Å². The van der Waals surface area contributed by atoms with Crippen molar-refractivity contribution in [1.29, 1.82) is 0 Å². The second kappa shape index (κ2) is 12.6. The number of allylic oxidation sites excluding steroid dienone is 3. The first-order valence-electron chi connectivity index (χ1n) is 11.1. The second-order valence-electron chi connectivity index (χ2n) is 10.2. The van der Waals surface area contributed by atoms with E-state index in [1.807, 2.05) is 13.0 Å². The lowest BCUT2D eigenvalue weighted by Crippen LogP contribution is -2.30. The quantitative estimate of drug-likeness (QED) is 0.219. The van der Waals surface area contributed by atoms with Crippen LogP contribution in [0.3, 0.4) is 0 Å². The minimum atomic E-state index is -0.443. The standard InChI is InChI=1S/C25H48N2O/c1-19(2)18-25(8,9)22(5)27-17-16-24(6,7)20(3)14-12-10-11-13-15-23(28)21(4)26/h11,13-14,19,21,23,28H,10,12,15-18,26H2,1-9H3/b13-11+,20-14?,27-22?/t21-,23+/m0/s1. The minimum Gasteiger partial charge on any atom is -0.391 e. The van der Waals surface area contributed by atoms with Gasteiger partial charge in [0.15, 0.2) is 0 Å². The van der Waals surface area contributed by atoms with Gasteiger partial charge in [-0.3, -0.25) is 4.99 Å². The Morgan fingerprint density at radius 1 is 1.00 bits per heavy atom. The summed E-state index contributed by atoms with van der Waals surface area (Å²) >= 11 is 0. The van der Waals surface area contributed by atoms with Gasteiger partial charge in [-0.25, -0.2) is 0 Å². The molecule has 0 aromatic heterocycles. The zero-order chi connectivity index (χ0) is 22.0. The minimum absolute atomic E-state index is 0.168. The summed E-state index contributed by atoms with van der Waals surface area (Å²) in [4.78, 5) is 4.91. The van der Waals surface area contributed by atoms with Gasteiger partial charge >= 0.3 is 0 Å². The molecule has 0 spiro atoms. The number of hydrogen-bond acceptors (Lipinski definition) is 3. The maximum absolute atomic E-state index is 9.69. The van der Waals surface area contributed by atoms with Gasteiger partial charge in [0.25, 0.3) is 0 Å². The van der Waals surface area contributed by atoms with Gasteiger partial charge < -0.3 is 10.8 Å². The molecule has 0 saturated heterocycles. The van der Waals surface area contributed by atoms with Crippen molar-refractivity contribution in [2.24, 2.45) is 27.5 Å². The van der Waals surface area contributed by atoms with Gasteiger partial charge in [0.2, 0.25) is 0 Å². The van der Waals surface area contributed by atoms with E-state index in [1.165, 1.54) is 17.7 Å². The van der Waals surface area contributed by atoms with Crippen LogP contribution in [0.1, 0.15) is 94.4 Å². The molecule has 3 nitrogen and oxygen atoms in total. The summed E-state index contributed by atoms with van der Waals surface area (Å²) in [7, 11) is 0. The van der Waals surface area contributed by atoms with Crippen molar-refractivity contribution >= 4 is 5.71 Å². The molecule has 0 aromatic carbocycles. The molecule has 3 N–H and O–H groups in total. The third kappa shape index (κ3) is 11.2. The number of aliphatic hydroxyl groups excluding tert-OH is 1. The molecule has 3 heteroatoms. The molecule has 0 bridgehead atoms. The lowest BCUT2D eigenvalue weighted by Gasteiger charge is -2.28. The molecule has 0 fully saturated rings. The summed E-state index contributed by atoms with van der Waals surface area (Å²) in [5.41, 5.74) is 8.73. The van der Waals surface area contributed by atoms with Gasteiger partial charge in [0.1, 0.15) is 0 Å². The molecule has 0 amide bonds. The van der Waals surface area contributed by atoms with Crippen LogP contribution >= 0.6 is 0 Å². The average Bonchev–Trinajstić information content (AvgIpc) is 2.55. The Bertz CT molecular complexity index is 525. The number of aliphatic hydroxyl groups is 1. The summed E-state index contributed by atoms with van der Waals surface area (Å²) in [6.45, 7) is 21.0. The van der Waals surface area contributed by atoms with E-state index in [9.17, 15) is 5.11 Å². The third-order valence-corrected chi connectivity index (χ3v) is 5.99. The lowest BCUT2D eigenvalue weighted by molar-refractivity contribution is 0.154. The molecule has 0 aliphatic heterocycles. The molecule has 0 radical (unpaired) electrons. The van der Waals surface area contributed by atoms with E-state index in [-0.39, 0.29) is 16.9 Å². The monoisotopic (exact) mass is 392 g/mol. The molecule has 0 rings (SSSR count). The largest absolute Gasteiger partial charge is 0.391 e. The maximum atomic E-state index is 9.69. The van der Waals surface area contributed by atoms with Crippen LogP contribution in [-0.2, 0) is 0 Å². The number of hydrogen-bond donors (Lipinski definition) is 2. The first kappa shape index (κ1) is 27.1. The van der Waals surface area contributed by atoms with Crippen LogP contribution < -0.4 is 5.73 Å². The summed E-state index contributed by atoms with van der Waals surface area (Å²) in [5, 5.41) is 9.69. The molecule has 0 aliphatic carbocycles. The smallest absolute Gasteiger partial charge is 0.0722 e. The van der Waals surface area contributed by atoms with Crippen LogP contribution in [0.4, 0.5) is 0 Å². The average molecular weight is 393 g/mol. The molecule has 0 aromatic rings. The zero-order valence-electron chi connectivity index (χ0n) is 20.2. The topological polar surface area (TPSA) is 58.6 Å². The molecule has 164 valence electrons. The lowest BCUT2D eigenvalue weighted by atomic mass is 9.79. The van der Waals surface area contributed by atoms with Crippen LogP contribution in [-0.4, -0.2) is 29.5 Å². The Labute approximate surface area is 175 Å². The van der Waals surface area contributed by atoms with Gasteiger partial charge in [0.05, 0.1) is 6.10 Å². The van der Waals surface area contributed by atoms with E-state index in [2.05, 4.69) is 67.5 Å². The van der Waals surface area contributed by atoms with Gasteiger partial charge in [-0.1, -0.05) is 65.3 Å². The number of nitrogens with zero attached hydrogens (tertiary/aromatic N) is 1. The Hall–Kier alpha value is -0.930. The fourth-order valence-corrected chi connectivity index (χ4v) is 3.32. The number of nitrogens with two attached hydrogens (primary N) is 1. The van der Waals surface area contributed by atoms with E-state index < -0.39 is 6.10 Å². The molecular weight excluding hydrogens is 344 g/mol. The van der Waals surface area contributed by atoms with Gasteiger partial charge in [-0.05, 0) is 64.2 Å². The van der Waals surface area contributed by atoms with Gasteiger partial charge in [0, 0.05) is 23.7 Å². The van der Waals surface area contributed by atoms with E-state index in [4.69, 9.17) is 10.7 Å². The Kier molecular flexibility index (Phi) is 12.2. The van der Waals surface area contributed by atoms with Crippen LogP contribution in [0.5, 0.6) is 0 Å². The first-order valence-corrected chi connectivity index (χ1v) is 11.1. The maximum Gasteiger partial charge on any atom is 0.0722 e. The van der Waals surface area contributed by atoms with Crippen molar-refractivity contribution < 1.29 is 5.11 Å². The van der Waals surface area contributed by atoms with Gasteiger partial charge in [-0.15, -0.1) is 0 Å². The number of unbranched alkanes of at least 4 members (excludes halogenated alkanes) is 1. The molecule has 2 atom stereocenters. The van der Waals surface area contributed by atoms with Crippen molar-refractivity contribution in [2.75, 3.05) is 6.54 Å². The highest BCUT2D eigenvalue weighted by molar-refractivity contribution is 5.87. The zero-order valence-corrected chi connectivity index (χ0v) is 20.2. The molecular formula is C25H48N2O. The number of rotatable bonds is 13. The van der Waals surface area contributed by atoms with Crippen LogP contribution in [0.2, 0.25) is 0 Å². The van der Waals surface area contributed by atoms with Crippen molar-refractivity contribution in [3.63, 3.8) is 0 Å². The summed E-state index contributed by atoms with van der Waals surface area (Å²) in [6.07, 6.45) is 11.0. The molecule has 0 aliphatic rings. The Morgan fingerprint density at radius 3 is 2.14 bits per heavy atom. The highest BCUT2D eigenvalue weighted by Gasteiger charge is 2.24. The van der Waals surface area contributed by atoms with Crippen LogP contribution in [0.15, 0.2) is 28.8 Å². The third-order valence-electron chi connectivity index (χ3n) is 5.99. The molecule has 28 heavy (non-hydrogen) atoms. The second-order valence-corrected chi connectivity index (χ2v) is 10.2. The molecule has 0 unspecified atom stereocenters. The van der Waals surface area contributed by atoms with Crippen molar-refractivity contribution in [1.82, 2.24) is 0 Å². The summed E-state index contributed by atoms with van der Waals surface area (Å²) in [5.74, 6) is 0.692. The highest BCUT2D eigenvalue weighted by Crippen LogP contribution is 2.31. The predicted octanol–water partition coefficient (Wildman–Crippen LogP) is 6.32. The van der Waals surface area contributed by atoms with E-state index in [0.29, 0.717) is 12.3 Å². The van der Waals surface area contributed by atoms with Crippen molar-refractivity contribution in [3.8, 4) is 0 Å². The van der Waals surface area contributed by atoms with E-state index in [0.717, 1.165) is 25.8 Å². The van der Waals surface area contributed by atoms with E-state index in [1.54, 1.807) is 0 Å². The Morgan fingerprint density at radius 2 is 1.61 bits per heavy atom.